The highest BCUT2D eigenvalue weighted by Gasteiger charge is 2.36. The Morgan fingerprint density at radius 2 is 1.55 bits per heavy atom. The maximum absolute atomic E-state index is 12.7. The van der Waals surface area contributed by atoms with E-state index in [1.807, 2.05) is 24.3 Å². The third-order valence-electron chi connectivity index (χ3n) is 6.33. The van der Waals surface area contributed by atoms with Crippen LogP contribution < -0.4 is 0 Å². The first-order valence-corrected chi connectivity index (χ1v) is 10.8. The molecule has 0 amide bonds. The number of hydrogen-bond donors (Lipinski definition) is 0. The van der Waals surface area contributed by atoms with Gasteiger partial charge in [0.2, 0.25) is 0 Å². The van der Waals surface area contributed by atoms with Crippen molar-refractivity contribution in [3.8, 4) is 0 Å². The molecule has 1 aliphatic carbocycles. The first-order valence-electron chi connectivity index (χ1n) is 10.8. The van der Waals surface area contributed by atoms with E-state index in [0.717, 1.165) is 12.0 Å². The smallest absolute Gasteiger partial charge is 0.343 e. The Balaban J connectivity index is 1.97. The Morgan fingerprint density at radius 3 is 2.16 bits per heavy atom. The molecule has 166 valence electrons. The molecule has 0 fully saturated rings. The van der Waals surface area contributed by atoms with Crippen LogP contribution in [0.3, 0.4) is 0 Å². The molecule has 0 unspecified atom stereocenters. The quantitative estimate of drug-likeness (QED) is 0.301. The van der Waals surface area contributed by atoms with Crippen LogP contribution in [0.1, 0.15) is 74.0 Å². The van der Waals surface area contributed by atoms with Gasteiger partial charge in [-0.2, -0.15) is 0 Å². The molecule has 0 radical (unpaired) electrons. The second-order valence-corrected chi connectivity index (χ2v) is 9.54. The van der Waals surface area contributed by atoms with Crippen molar-refractivity contribution in [2.24, 2.45) is 0 Å². The van der Waals surface area contributed by atoms with Crippen molar-refractivity contribution < 1.29 is 19.0 Å². The number of hydrogen-bond acceptors (Lipinski definition) is 4. The summed E-state index contributed by atoms with van der Waals surface area (Å²) in [6, 6.07) is 15.6. The average molecular weight is 423 g/mol. The number of methoxy groups -OCH3 is 2. The second-order valence-electron chi connectivity index (χ2n) is 9.54. The normalized spacial score (nSPS) is 17.3. The monoisotopic (exact) mass is 422 g/mol. The predicted molar refractivity (Wildman–Crippen MR) is 124 cm³/mol. The Kier molecular flexibility index (Phi) is 7.03. The first kappa shape index (κ1) is 23.2. The fraction of sp³-hybridized carbons (Fsp3) is 0.444. The van der Waals surface area contributed by atoms with Crippen LogP contribution in [0.5, 0.6) is 0 Å². The van der Waals surface area contributed by atoms with Crippen molar-refractivity contribution in [1.29, 1.82) is 0 Å². The summed E-state index contributed by atoms with van der Waals surface area (Å²) >= 11 is 0. The van der Waals surface area contributed by atoms with Crippen molar-refractivity contribution in [1.82, 2.24) is 0 Å². The van der Waals surface area contributed by atoms with Crippen LogP contribution in [0.4, 0.5) is 0 Å². The molecular formula is C27H34O4. The van der Waals surface area contributed by atoms with E-state index in [-0.39, 0.29) is 10.8 Å². The van der Waals surface area contributed by atoms with Crippen LogP contribution in [0.25, 0.3) is 6.08 Å². The summed E-state index contributed by atoms with van der Waals surface area (Å²) in [4.78, 5) is 12.7. The molecule has 0 spiro atoms. The zero-order valence-electron chi connectivity index (χ0n) is 19.5. The maximum Gasteiger partial charge on any atom is 0.343 e. The van der Waals surface area contributed by atoms with Gasteiger partial charge in [0.15, 0.2) is 6.29 Å². The number of benzene rings is 2. The first-order chi connectivity index (χ1) is 14.7. The summed E-state index contributed by atoms with van der Waals surface area (Å²) in [6.45, 7) is 9.23. The van der Waals surface area contributed by atoms with Gasteiger partial charge in [0.05, 0.1) is 12.0 Å². The lowest BCUT2D eigenvalue weighted by molar-refractivity contribution is -0.104. The highest BCUT2D eigenvalue weighted by molar-refractivity contribution is 5.90. The molecule has 2 aromatic carbocycles. The van der Waals surface area contributed by atoms with Gasteiger partial charge in [-0.25, -0.2) is 4.79 Å². The van der Waals surface area contributed by atoms with Crippen LogP contribution in [0.15, 0.2) is 54.3 Å². The van der Waals surface area contributed by atoms with E-state index in [4.69, 9.17) is 14.2 Å². The van der Waals surface area contributed by atoms with Crippen LogP contribution in [-0.2, 0) is 25.0 Å². The summed E-state index contributed by atoms with van der Waals surface area (Å²) in [5, 5.41) is 0. The molecule has 0 aliphatic heterocycles. The maximum atomic E-state index is 12.7. The molecule has 0 N–H and O–H groups in total. The highest BCUT2D eigenvalue weighted by atomic mass is 16.7. The van der Waals surface area contributed by atoms with Gasteiger partial charge < -0.3 is 14.2 Å². The van der Waals surface area contributed by atoms with Crippen molar-refractivity contribution in [3.05, 3.63) is 76.5 Å². The highest BCUT2D eigenvalue weighted by Crippen LogP contribution is 2.46. The fourth-order valence-corrected chi connectivity index (χ4v) is 4.19. The Morgan fingerprint density at radius 1 is 0.935 bits per heavy atom. The number of ether oxygens (including phenoxy) is 3. The molecule has 31 heavy (non-hydrogen) atoms. The number of carbonyl (C=O) groups is 1. The van der Waals surface area contributed by atoms with Crippen LogP contribution in [0.2, 0.25) is 0 Å². The van der Waals surface area contributed by atoms with Crippen LogP contribution in [0, 0.1) is 0 Å². The molecule has 0 bridgehead atoms. The summed E-state index contributed by atoms with van der Waals surface area (Å²) in [5.41, 5.74) is 4.54. The van der Waals surface area contributed by atoms with Crippen LogP contribution >= 0.6 is 0 Å². The van der Waals surface area contributed by atoms with E-state index in [1.165, 1.54) is 17.5 Å². The molecule has 0 atom stereocenters. The molecule has 4 heteroatoms. The molecule has 0 saturated heterocycles. The minimum absolute atomic E-state index is 0.108. The van der Waals surface area contributed by atoms with E-state index < -0.39 is 12.3 Å². The summed E-state index contributed by atoms with van der Waals surface area (Å²) < 4.78 is 16.5. The lowest BCUT2D eigenvalue weighted by Crippen LogP contribution is -2.33. The molecule has 0 aromatic heterocycles. The Hall–Kier alpha value is -2.43. The number of esters is 1. The van der Waals surface area contributed by atoms with E-state index in [1.54, 1.807) is 26.4 Å². The topological polar surface area (TPSA) is 44.8 Å². The van der Waals surface area contributed by atoms with Gasteiger partial charge in [0.25, 0.3) is 0 Å². The zero-order valence-corrected chi connectivity index (χ0v) is 19.5. The van der Waals surface area contributed by atoms with Crippen molar-refractivity contribution in [2.75, 3.05) is 14.2 Å². The van der Waals surface area contributed by atoms with Gasteiger partial charge in [-0.3, -0.25) is 0 Å². The van der Waals surface area contributed by atoms with Crippen molar-refractivity contribution >= 4 is 12.0 Å². The SMILES string of the molecule is COC(CC(=Cc1ccc2c(c1)C(C)(C)CCC2(C)C)OC(=O)c1ccccc1)OC. The Labute approximate surface area is 186 Å². The van der Waals surface area contributed by atoms with E-state index >= 15 is 0 Å². The minimum atomic E-state index is -0.497. The summed E-state index contributed by atoms with van der Waals surface area (Å²) in [5.74, 6) is 0.118. The zero-order chi connectivity index (χ0) is 22.6. The summed E-state index contributed by atoms with van der Waals surface area (Å²) in [7, 11) is 3.16. The van der Waals surface area contributed by atoms with Gasteiger partial charge in [0, 0.05) is 14.2 Å². The van der Waals surface area contributed by atoms with Gasteiger partial charge in [-0.15, -0.1) is 0 Å². The van der Waals surface area contributed by atoms with Gasteiger partial charge in [-0.1, -0.05) is 64.1 Å². The van der Waals surface area contributed by atoms with Crippen LogP contribution in [-0.4, -0.2) is 26.5 Å². The summed E-state index contributed by atoms with van der Waals surface area (Å²) in [6.07, 6.45) is 4.07. The average Bonchev–Trinajstić information content (AvgIpc) is 2.75. The second kappa shape index (κ2) is 9.37. The molecule has 1 aliphatic rings. The minimum Gasteiger partial charge on any atom is -0.427 e. The fourth-order valence-electron chi connectivity index (χ4n) is 4.19. The molecular weight excluding hydrogens is 388 g/mol. The lowest BCUT2D eigenvalue weighted by Gasteiger charge is -2.42. The van der Waals surface area contributed by atoms with Crippen molar-refractivity contribution in [2.45, 2.75) is 64.1 Å². The third kappa shape index (κ3) is 5.44. The van der Waals surface area contributed by atoms with E-state index in [0.29, 0.717) is 17.7 Å². The molecule has 0 heterocycles. The molecule has 4 nitrogen and oxygen atoms in total. The number of rotatable bonds is 7. The molecule has 0 saturated carbocycles. The standard InChI is InChI=1S/C27H34O4/c1-26(2)14-15-27(3,4)23-17-19(12-13-22(23)26)16-21(18-24(29-5)30-6)31-25(28)20-10-8-7-9-11-20/h7-13,16-17,24H,14-15,18H2,1-6H3. The third-order valence-corrected chi connectivity index (χ3v) is 6.33. The van der Waals surface area contributed by atoms with Crippen molar-refractivity contribution in [3.63, 3.8) is 0 Å². The van der Waals surface area contributed by atoms with Gasteiger partial charge in [-0.05, 0) is 58.6 Å². The molecule has 2 aromatic rings. The predicted octanol–water partition coefficient (Wildman–Crippen LogP) is 6.24. The number of carbonyl (C=O) groups excluding carboxylic acids is 1. The molecule has 3 rings (SSSR count). The van der Waals surface area contributed by atoms with E-state index in [9.17, 15) is 4.79 Å². The Bertz CT molecular complexity index is 937. The lowest BCUT2D eigenvalue weighted by atomic mass is 9.63. The largest absolute Gasteiger partial charge is 0.427 e. The van der Waals surface area contributed by atoms with E-state index in [2.05, 4.69) is 45.9 Å². The number of fused-ring (bicyclic) bond motifs is 1. The van der Waals surface area contributed by atoms with Gasteiger partial charge in [0.1, 0.15) is 5.76 Å². The van der Waals surface area contributed by atoms with Gasteiger partial charge >= 0.3 is 5.97 Å².